The van der Waals surface area contributed by atoms with Crippen LogP contribution in [0.4, 0.5) is 0 Å². The highest BCUT2D eigenvalue weighted by atomic mass is 35.5. The SMILES string of the molecule is CC(C)(NCc1ccc(/C(N)=N/O)cc1Cl)C1CC1. The second-order valence-corrected chi connectivity index (χ2v) is 6.05. The van der Waals surface area contributed by atoms with Crippen molar-refractivity contribution in [3.8, 4) is 0 Å². The molecule has 0 bridgehead atoms. The zero-order chi connectivity index (χ0) is 14.0. The summed E-state index contributed by atoms with van der Waals surface area (Å²) < 4.78 is 0. The minimum Gasteiger partial charge on any atom is -0.409 e. The molecular weight excluding hydrogens is 262 g/mol. The summed E-state index contributed by atoms with van der Waals surface area (Å²) in [6.07, 6.45) is 2.60. The second-order valence-electron chi connectivity index (χ2n) is 5.64. The van der Waals surface area contributed by atoms with Crippen LogP contribution >= 0.6 is 11.6 Å². The summed E-state index contributed by atoms with van der Waals surface area (Å²) in [6.45, 7) is 5.17. The first-order valence-electron chi connectivity index (χ1n) is 6.45. The maximum absolute atomic E-state index is 8.63. The van der Waals surface area contributed by atoms with Gasteiger partial charge in [0.2, 0.25) is 0 Å². The highest BCUT2D eigenvalue weighted by molar-refractivity contribution is 6.31. The molecule has 1 aromatic carbocycles. The van der Waals surface area contributed by atoms with Crippen LogP contribution in [-0.2, 0) is 6.54 Å². The van der Waals surface area contributed by atoms with E-state index in [0.717, 1.165) is 18.0 Å². The van der Waals surface area contributed by atoms with Gasteiger partial charge in [-0.05, 0) is 44.2 Å². The normalized spacial score (nSPS) is 16.7. The quantitative estimate of drug-likeness (QED) is 0.336. The highest BCUT2D eigenvalue weighted by Crippen LogP contribution is 2.39. The Hall–Kier alpha value is -1.26. The lowest BCUT2D eigenvalue weighted by Gasteiger charge is -2.26. The maximum Gasteiger partial charge on any atom is 0.170 e. The fourth-order valence-corrected chi connectivity index (χ4v) is 2.43. The third-order valence-electron chi connectivity index (χ3n) is 3.79. The largest absolute Gasteiger partial charge is 0.409 e. The Morgan fingerprint density at radius 1 is 1.53 bits per heavy atom. The first-order chi connectivity index (χ1) is 8.94. The van der Waals surface area contributed by atoms with Crippen LogP contribution < -0.4 is 11.1 Å². The van der Waals surface area contributed by atoms with Gasteiger partial charge in [0.15, 0.2) is 5.84 Å². The van der Waals surface area contributed by atoms with Crippen molar-refractivity contribution in [2.45, 2.75) is 38.8 Å². The van der Waals surface area contributed by atoms with Crippen LogP contribution in [0, 0.1) is 5.92 Å². The lowest BCUT2D eigenvalue weighted by Crippen LogP contribution is -2.40. The number of benzene rings is 1. The molecule has 0 spiro atoms. The number of nitrogens with one attached hydrogen (secondary N) is 1. The molecule has 19 heavy (non-hydrogen) atoms. The van der Waals surface area contributed by atoms with Gasteiger partial charge < -0.3 is 16.3 Å². The first-order valence-corrected chi connectivity index (χ1v) is 6.83. The van der Waals surface area contributed by atoms with E-state index >= 15 is 0 Å². The Labute approximate surface area is 118 Å². The Morgan fingerprint density at radius 2 is 2.21 bits per heavy atom. The van der Waals surface area contributed by atoms with Gasteiger partial charge in [0.05, 0.1) is 0 Å². The van der Waals surface area contributed by atoms with E-state index in [1.165, 1.54) is 12.8 Å². The minimum absolute atomic E-state index is 0.0692. The number of hydrogen-bond donors (Lipinski definition) is 3. The summed E-state index contributed by atoms with van der Waals surface area (Å²) in [4.78, 5) is 0. The summed E-state index contributed by atoms with van der Waals surface area (Å²) in [6, 6.07) is 5.44. The van der Waals surface area contributed by atoms with Crippen molar-refractivity contribution in [3.63, 3.8) is 0 Å². The predicted octanol–water partition coefficient (Wildman–Crippen LogP) is 2.71. The topological polar surface area (TPSA) is 70.6 Å². The number of nitrogens with zero attached hydrogens (tertiary/aromatic N) is 1. The Kier molecular flexibility index (Phi) is 4.02. The zero-order valence-corrected chi connectivity index (χ0v) is 12.0. The van der Waals surface area contributed by atoms with Gasteiger partial charge >= 0.3 is 0 Å². The van der Waals surface area contributed by atoms with E-state index in [2.05, 4.69) is 24.3 Å². The van der Waals surface area contributed by atoms with E-state index in [1.807, 2.05) is 12.1 Å². The summed E-state index contributed by atoms with van der Waals surface area (Å²) in [5, 5.41) is 15.8. The molecule has 1 saturated carbocycles. The lowest BCUT2D eigenvalue weighted by atomic mass is 9.98. The molecule has 1 aliphatic carbocycles. The molecule has 0 atom stereocenters. The predicted molar refractivity (Wildman–Crippen MR) is 77.6 cm³/mol. The van der Waals surface area contributed by atoms with Crippen molar-refractivity contribution >= 4 is 17.4 Å². The number of amidine groups is 1. The van der Waals surface area contributed by atoms with Gasteiger partial charge in [-0.25, -0.2) is 0 Å². The van der Waals surface area contributed by atoms with Crippen molar-refractivity contribution in [3.05, 3.63) is 34.3 Å². The molecule has 2 rings (SSSR count). The molecule has 1 aromatic rings. The van der Waals surface area contributed by atoms with E-state index < -0.39 is 0 Å². The molecule has 1 fully saturated rings. The van der Waals surface area contributed by atoms with Crippen LogP contribution in [0.15, 0.2) is 23.4 Å². The van der Waals surface area contributed by atoms with Crippen molar-refractivity contribution in [1.82, 2.24) is 5.32 Å². The van der Waals surface area contributed by atoms with Crippen molar-refractivity contribution < 1.29 is 5.21 Å². The number of oxime groups is 1. The molecule has 0 aliphatic heterocycles. The van der Waals surface area contributed by atoms with E-state index in [1.54, 1.807) is 6.07 Å². The lowest BCUT2D eigenvalue weighted by molar-refractivity contribution is 0.318. The zero-order valence-electron chi connectivity index (χ0n) is 11.3. The van der Waals surface area contributed by atoms with Gasteiger partial charge in [-0.3, -0.25) is 0 Å². The minimum atomic E-state index is 0.0692. The van der Waals surface area contributed by atoms with Crippen LogP contribution in [0.2, 0.25) is 5.02 Å². The third kappa shape index (κ3) is 3.39. The van der Waals surface area contributed by atoms with Crippen LogP contribution in [0.5, 0.6) is 0 Å². The number of hydrogen-bond acceptors (Lipinski definition) is 3. The van der Waals surface area contributed by atoms with Crippen LogP contribution in [-0.4, -0.2) is 16.6 Å². The van der Waals surface area contributed by atoms with E-state index in [9.17, 15) is 0 Å². The van der Waals surface area contributed by atoms with Crippen molar-refractivity contribution in [2.75, 3.05) is 0 Å². The molecule has 4 nitrogen and oxygen atoms in total. The average Bonchev–Trinajstić information content (AvgIpc) is 3.21. The molecule has 104 valence electrons. The summed E-state index contributed by atoms with van der Waals surface area (Å²) >= 11 is 6.22. The summed E-state index contributed by atoms with van der Waals surface area (Å²) in [5.41, 5.74) is 7.32. The summed E-state index contributed by atoms with van der Waals surface area (Å²) in [7, 11) is 0. The molecular formula is C14H20ClN3O. The molecule has 0 heterocycles. The number of rotatable bonds is 5. The molecule has 1 aliphatic rings. The Balaban J connectivity index is 2.05. The van der Waals surface area contributed by atoms with Gasteiger partial charge in [0.25, 0.3) is 0 Å². The third-order valence-corrected chi connectivity index (χ3v) is 4.14. The first kappa shape index (κ1) is 14.2. The molecule has 0 unspecified atom stereocenters. The second kappa shape index (κ2) is 5.39. The van der Waals surface area contributed by atoms with E-state index in [0.29, 0.717) is 10.6 Å². The number of halogens is 1. The van der Waals surface area contributed by atoms with Gasteiger partial charge in [0.1, 0.15) is 0 Å². The van der Waals surface area contributed by atoms with Gasteiger partial charge in [0, 0.05) is 22.7 Å². The highest BCUT2D eigenvalue weighted by Gasteiger charge is 2.37. The smallest absolute Gasteiger partial charge is 0.170 e. The van der Waals surface area contributed by atoms with E-state index in [4.69, 9.17) is 22.5 Å². The molecule has 0 radical (unpaired) electrons. The van der Waals surface area contributed by atoms with Crippen molar-refractivity contribution in [2.24, 2.45) is 16.8 Å². The van der Waals surface area contributed by atoms with Crippen LogP contribution in [0.3, 0.4) is 0 Å². The monoisotopic (exact) mass is 281 g/mol. The molecule has 0 aromatic heterocycles. The molecule has 5 heteroatoms. The van der Waals surface area contributed by atoms with Gasteiger partial charge in [-0.15, -0.1) is 0 Å². The Morgan fingerprint density at radius 3 is 2.74 bits per heavy atom. The van der Waals surface area contributed by atoms with Gasteiger partial charge in [-0.2, -0.15) is 0 Å². The average molecular weight is 282 g/mol. The fraction of sp³-hybridized carbons (Fsp3) is 0.500. The van der Waals surface area contributed by atoms with Gasteiger partial charge in [-0.1, -0.05) is 28.9 Å². The fourth-order valence-electron chi connectivity index (χ4n) is 2.18. The van der Waals surface area contributed by atoms with Crippen LogP contribution in [0.1, 0.15) is 37.8 Å². The van der Waals surface area contributed by atoms with Crippen LogP contribution in [0.25, 0.3) is 0 Å². The molecule has 0 saturated heterocycles. The van der Waals surface area contributed by atoms with Crippen molar-refractivity contribution in [1.29, 1.82) is 0 Å². The van der Waals surface area contributed by atoms with E-state index in [-0.39, 0.29) is 11.4 Å². The molecule has 0 amide bonds. The Bertz CT molecular complexity index is 495. The standard InChI is InChI=1S/C14H20ClN3O/c1-14(2,11-5-6-11)17-8-10-4-3-9(7-12(10)15)13(16)18-19/h3-4,7,11,17,19H,5-6,8H2,1-2H3,(H2,16,18). The number of nitrogens with two attached hydrogens (primary N) is 1. The maximum atomic E-state index is 8.63. The summed E-state index contributed by atoms with van der Waals surface area (Å²) in [5.74, 6) is 0.836. The molecule has 4 N–H and O–H groups in total.